The molecule has 0 aliphatic heterocycles. The molecule has 0 amide bonds. The van der Waals surface area contributed by atoms with E-state index in [-0.39, 0.29) is 0 Å². The van der Waals surface area contributed by atoms with Gasteiger partial charge < -0.3 is 0 Å². The molecule has 52 valence electrons. The van der Waals surface area contributed by atoms with Gasteiger partial charge in [0.1, 0.15) is 0 Å². The predicted octanol–water partition coefficient (Wildman–Crippen LogP) is 2.68. The molecule has 0 fully saturated rings. The molecule has 0 aromatic heterocycles. The van der Waals surface area contributed by atoms with Crippen LogP contribution in [0.5, 0.6) is 0 Å². The Morgan fingerprint density at radius 2 is 1.30 bits per heavy atom. The number of allylic oxidation sites excluding steroid dienone is 4. The summed E-state index contributed by atoms with van der Waals surface area (Å²) in [6, 6.07) is 0. The third kappa shape index (κ3) is 3.14. The molecular formula is C10H12. The maximum atomic E-state index is 3.12. The highest BCUT2D eigenvalue weighted by molar-refractivity contribution is 5.08. The lowest BCUT2D eigenvalue weighted by atomic mass is 10.2. The Labute approximate surface area is 62.6 Å². The van der Waals surface area contributed by atoms with E-state index in [1.165, 1.54) is 0 Å². The Balaban J connectivity index is 2.43. The van der Waals surface area contributed by atoms with Crippen LogP contribution in [0.4, 0.5) is 0 Å². The molecule has 0 heteroatoms. The minimum Gasteiger partial charge on any atom is -0.103 e. The Bertz CT molecular complexity index is 166. The molecule has 0 heterocycles. The van der Waals surface area contributed by atoms with Crippen molar-refractivity contribution in [2.24, 2.45) is 0 Å². The van der Waals surface area contributed by atoms with E-state index in [2.05, 4.69) is 36.1 Å². The van der Waals surface area contributed by atoms with Gasteiger partial charge in [-0.2, -0.15) is 0 Å². The van der Waals surface area contributed by atoms with Crippen LogP contribution < -0.4 is 0 Å². The van der Waals surface area contributed by atoms with Gasteiger partial charge in [0.25, 0.3) is 0 Å². The van der Waals surface area contributed by atoms with E-state index in [1.807, 2.05) is 0 Å². The van der Waals surface area contributed by atoms with Crippen molar-refractivity contribution in [1.29, 1.82) is 0 Å². The standard InChI is InChI=1S/C10H12/c1-2-4-6-8-10-9-7-5-3-1/h1-4H,5-8H2. The van der Waals surface area contributed by atoms with E-state index in [4.69, 9.17) is 0 Å². The molecule has 1 rings (SSSR count). The minimum atomic E-state index is 1.02. The summed E-state index contributed by atoms with van der Waals surface area (Å²) in [5.74, 6) is 6.24. The average molecular weight is 132 g/mol. The molecule has 1 aliphatic carbocycles. The van der Waals surface area contributed by atoms with Gasteiger partial charge in [0.15, 0.2) is 0 Å². The van der Waals surface area contributed by atoms with Crippen molar-refractivity contribution in [2.45, 2.75) is 25.7 Å². The van der Waals surface area contributed by atoms with Gasteiger partial charge in [-0.05, 0) is 12.8 Å². The molecule has 0 N–H and O–H groups in total. The maximum absolute atomic E-state index is 3.12. The summed E-state index contributed by atoms with van der Waals surface area (Å²) in [6.45, 7) is 0. The molecule has 0 bridgehead atoms. The zero-order chi connectivity index (χ0) is 7.07. The van der Waals surface area contributed by atoms with Crippen molar-refractivity contribution >= 4 is 0 Å². The van der Waals surface area contributed by atoms with Crippen LogP contribution in [0.1, 0.15) is 25.7 Å². The molecule has 1 aliphatic rings. The van der Waals surface area contributed by atoms with Gasteiger partial charge in [0.2, 0.25) is 0 Å². The van der Waals surface area contributed by atoms with Gasteiger partial charge in [-0.3, -0.25) is 0 Å². The second kappa shape index (κ2) is 4.88. The summed E-state index contributed by atoms with van der Waals surface area (Å²) in [4.78, 5) is 0. The number of hydrogen-bond donors (Lipinski definition) is 0. The largest absolute Gasteiger partial charge is 0.103 e. The quantitative estimate of drug-likeness (QED) is 0.444. The molecule has 0 saturated heterocycles. The fourth-order valence-corrected chi connectivity index (χ4v) is 0.837. The third-order valence-corrected chi connectivity index (χ3v) is 1.38. The molecule has 0 nitrogen and oxygen atoms in total. The molecule has 0 saturated carbocycles. The second-order valence-electron chi connectivity index (χ2n) is 2.29. The molecule has 0 aromatic carbocycles. The van der Waals surface area contributed by atoms with Gasteiger partial charge in [-0.15, -0.1) is 11.8 Å². The van der Waals surface area contributed by atoms with Crippen LogP contribution in [-0.4, -0.2) is 0 Å². The summed E-state index contributed by atoms with van der Waals surface area (Å²) in [7, 11) is 0. The Morgan fingerprint density at radius 1 is 0.800 bits per heavy atom. The Morgan fingerprint density at radius 3 is 1.80 bits per heavy atom. The fourth-order valence-electron chi connectivity index (χ4n) is 0.837. The van der Waals surface area contributed by atoms with E-state index in [0.29, 0.717) is 0 Å². The summed E-state index contributed by atoms with van der Waals surface area (Å²) < 4.78 is 0. The molecule has 0 atom stereocenters. The lowest BCUT2D eigenvalue weighted by Crippen LogP contribution is -1.70. The van der Waals surface area contributed by atoms with Crippen LogP contribution in [0.25, 0.3) is 0 Å². The first-order chi connectivity index (χ1) is 5.00. The van der Waals surface area contributed by atoms with Crippen LogP contribution in [0.2, 0.25) is 0 Å². The van der Waals surface area contributed by atoms with Crippen molar-refractivity contribution in [2.75, 3.05) is 0 Å². The zero-order valence-electron chi connectivity index (χ0n) is 6.14. The van der Waals surface area contributed by atoms with Crippen molar-refractivity contribution < 1.29 is 0 Å². The average Bonchev–Trinajstić information content (AvgIpc) is 2.01. The van der Waals surface area contributed by atoms with Crippen LogP contribution in [0, 0.1) is 11.8 Å². The predicted molar refractivity (Wildman–Crippen MR) is 44.5 cm³/mol. The minimum absolute atomic E-state index is 1.02. The van der Waals surface area contributed by atoms with Crippen molar-refractivity contribution in [1.82, 2.24) is 0 Å². The Hall–Kier alpha value is -0.960. The summed E-state index contributed by atoms with van der Waals surface area (Å²) in [6.07, 6.45) is 12.8. The summed E-state index contributed by atoms with van der Waals surface area (Å²) in [5.41, 5.74) is 0. The van der Waals surface area contributed by atoms with E-state index in [1.54, 1.807) is 0 Å². The van der Waals surface area contributed by atoms with Crippen LogP contribution in [0.3, 0.4) is 0 Å². The lowest BCUT2D eigenvalue weighted by molar-refractivity contribution is 1.05. The van der Waals surface area contributed by atoms with Crippen LogP contribution in [0.15, 0.2) is 24.3 Å². The first-order valence-electron chi connectivity index (χ1n) is 3.77. The second-order valence-corrected chi connectivity index (χ2v) is 2.29. The van der Waals surface area contributed by atoms with Crippen molar-refractivity contribution in [3.05, 3.63) is 24.3 Å². The monoisotopic (exact) mass is 132 g/mol. The number of hydrogen-bond acceptors (Lipinski definition) is 0. The van der Waals surface area contributed by atoms with Gasteiger partial charge >= 0.3 is 0 Å². The van der Waals surface area contributed by atoms with Gasteiger partial charge in [0.05, 0.1) is 0 Å². The van der Waals surface area contributed by atoms with Crippen molar-refractivity contribution in [3.63, 3.8) is 0 Å². The summed E-state index contributed by atoms with van der Waals surface area (Å²) >= 11 is 0. The fraction of sp³-hybridized carbons (Fsp3) is 0.400. The topological polar surface area (TPSA) is 0 Å². The lowest BCUT2D eigenvalue weighted by Gasteiger charge is -1.86. The Kier molecular flexibility index (Phi) is 3.49. The number of rotatable bonds is 0. The van der Waals surface area contributed by atoms with Crippen LogP contribution in [-0.2, 0) is 0 Å². The van der Waals surface area contributed by atoms with Crippen LogP contribution >= 0.6 is 0 Å². The summed E-state index contributed by atoms with van der Waals surface area (Å²) in [5, 5.41) is 0. The smallest absolute Gasteiger partial charge is 0.0123 e. The maximum Gasteiger partial charge on any atom is 0.0123 e. The zero-order valence-corrected chi connectivity index (χ0v) is 6.14. The van der Waals surface area contributed by atoms with Gasteiger partial charge in [-0.25, -0.2) is 0 Å². The molecule has 0 spiro atoms. The van der Waals surface area contributed by atoms with E-state index in [0.717, 1.165) is 25.7 Å². The first kappa shape index (κ1) is 7.15. The van der Waals surface area contributed by atoms with Crippen molar-refractivity contribution in [3.8, 4) is 11.8 Å². The van der Waals surface area contributed by atoms with Gasteiger partial charge in [-0.1, -0.05) is 24.3 Å². The van der Waals surface area contributed by atoms with E-state index in [9.17, 15) is 0 Å². The molecule has 0 unspecified atom stereocenters. The SMILES string of the molecule is C1#CCCC=CC=CCC1. The molecule has 0 aromatic rings. The van der Waals surface area contributed by atoms with E-state index >= 15 is 0 Å². The highest BCUT2D eigenvalue weighted by Crippen LogP contribution is 1.95. The first-order valence-corrected chi connectivity index (χ1v) is 3.77. The van der Waals surface area contributed by atoms with E-state index < -0.39 is 0 Å². The molecule has 0 radical (unpaired) electrons. The van der Waals surface area contributed by atoms with Gasteiger partial charge in [0, 0.05) is 12.8 Å². The molecular weight excluding hydrogens is 120 g/mol. The normalized spacial score (nSPS) is 17.6. The highest BCUT2D eigenvalue weighted by Gasteiger charge is 1.78. The highest BCUT2D eigenvalue weighted by atomic mass is 13.8. The third-order valence-electron chi connectivity index (χ3n) is 1.38. The molecule has 10 heavy (non-hydrogen) atoms.